The van der Waals surface area contributed by atoms with E-state index in [9.17, 15) is 4.79 Å². The van der Waals surface area contributed by atoms with E-state index in [2.05, 4.69) is 13.5 Å². The third-order valence-corrected chi connectivity index (χ3v) is 5.77. The molecule has 0 saturated carbocycles. The Morgan fingerprint density at radius 1 is 1.00 bits per heavy atom. The highest BCUT2D eigenvalue weighted by Gasteiger charge is 2.43. The van der Waals surface area contributed by atoms with Gasteiger partial charge in [-0.3, -0.25) is 0 Å². The summed E-state index contributed by atoms with van der Waals surface area (Å²) in [4.78, 5) is 9.60. The van der Waals surface area contributed by atoms with Crippen LogP contribution in [-0.2, 0) is 18.1 Å². The van der Waals surface area contributed by atoms with E-state index in [4.69, 9.17) is 18.4 Å². The molecule has 0 spiro atoms. The molecule has 0 aromatic heterocycles. The predicted molar refractivity (Wildman–Crippen MR) is 92.0 cm³/mol. The molecule has 0 radical (unpaired) electrons. The van der Waals surface area contributed by atoms with Gasteiger partial charge in [0.15, 0.2) is 0 Å². The van der Waals surface area contributed by atoms with Crippen LogP contribution in [0.5, 0.6) is 0 Å². The number of carboxylic acid groups (broad SMARTS) is 1. The van der Waals surface area contributed by atoms with Crippen LogP contribution >= 0.6 is 0 Å². The van der Waals surface area contributed by atoms with Crippen molar-refractivity contribution in [3.05, 3.63) is 12.2 Å². The van der Waals surface area contributed by atoms with E-state index in [1.165, 1.54) is 6.92 Å². The average molecular weight is 335 g/mol. The van der Waals surface area contributed by atoms with Crippen molar-refractivity contribution < 1.29 is 23.2 Å². The minimum Gasteiger partial charge on any atom is -0.478 e. The third-order valence-electron chi connectivity index (χ3n) is 2.17. The molecule has 0 bridgehead atoms. The minimum absolute atomic E-state index is 0.149. The Morgan fingerprint density at radius 2 is 1.27 bits per heavy atom. The molecule has 5 nitrogen and oxygen atoms in total. The number of hydrogen-bond acceptors (Lipinski definition) is 4. The lowest BCUT2D eigenvalue weighted by Crippen LogP contribution is -2.50. The van der Waals surface area contributed by atoms with Gasteiger partial charge in [0.25, 0.3) is 0 Å². The van der Waals surface area contributed by atoms with Gasteiger partial charge in [0.2, 0.25) is 0 Å². The highest BCUT2D eigenvalue weighted by molar-refractivity contribution is 6.60. The molecule has 0 aliphatic rings. The van der Waals surface area contributed by atoms with Gasteiger partial charge in [0, 0.05) is 29.9 Å². The standard InChI is InChI=1S/C12H28O3Si.C4H6O2/c1-8-9-16(13-10(2)3,14-11(4)5)15-12(6)7;1-3(2)4(5)6/h10-12H,8-9H2,1-7H3;1H2,2H3,(H,5,6). The van der Waals surface area contributed by atoms with E-state index in [1.807, 2.05) is 41.5 Å². The molecule has 6 heteroatoms. The Hall–Kier alpha value is -0.693. The summed E-state index contributed by atoms with van der Waals surface area (Å²) in [6, 6.07) is 0.890. The van der Waals surface area contributed by atoms with Crippen LogP contribution in [0.15, 0.2) is 12.2 Å². The molecule has 132 valence electrons. The summed E-state index contributed by atoms with van der Waals surface area (Å²) < 4.78 is 18.0. The largest absolute Gasteiger partial charge is 0.501 e. The van der Waals surface area contributed by atoms with Gasteiger partial charge < -0.3 is 18.4 Å². The van der Waals surface area contributed by atoms with Crippen molar-refractivity contribution in [2.75, 3.05) is 0 Å². The van der Waals surface area contributed by atoms with Crippen molar-refractivity contribution in [1.82, 2.24) is 0 Å². The van der Waals surface area contributed by atoms with Crippen LogP contribution in [0.4, 0.5) is 0 Å². The first kappa shape index (κ1) is 23.6. The summed E-state index contributed by atoms with van der Waals surface area (Å²) >= 11 is 0. The number of hydrogen-bond donors (Lipinski definition) is 1. The van der Waals surface area contributed by atoms with E-state index < -0.39 is 14.8 Å². The van der Waals surface area contributed by atoms with Gasteiger partial charge in [-0.05, 0) is 48.5 Å². The zero-order valence-electron chi connectivity index (χ0n) is 15.4. The average Bonchev–Trinajstić information content (AvgIpc) is 2.25. The summed E-state index contributed by atoms with van der Waals surface area (Å²) in [6.07, 6.45) is 1.47. The van der Waals surface area contributed by atoms with Crippen LogP contribution in [0.3, 0.4) is 0 Å². The molecule has 0 amide bonds. The molecule has 0 aliphatic heterocycles. The van der Waals surface area contributed by atoms with Gasteiger partial charge in [-0.15, -0.1) is 0 Å². The van der Waals surface area contributed by atoms with Crippen molar-refractivity contribution in [2.24, 2.45) is 0 Å². The first-order chi connectivity index (χ1) is 9.95. The molecular formula is C16H34O5Si. The second kappa shape index (κ2) is 11.8. The number of carboxylic acids is 1. The minimum atomic E-state index is -2.48. The molecule has 0 heterocycles. The Balaban J connectivity index is 0. The van der Waals surface area contributed by atoms with Crippen molar-refractivity contribution in [3.63, 3.8) is 0 Å². The van der Waals surface area contributed by atoms with Gasteiger partial charge >= 0.3 is 14.8 Å². The van der Waals surface area contributed by atoms with E-state index in [1.54, 1.807) is 0 Å². The fraction of sp³-hybridized carbons (Fsp3) is 0.812. The molecule has 0 aliphatic carbocycles. The van der Waals surface area contributed by atoms with Crippen LogP contribution in [0.2, 0.25) is 6.04 Å². The lowest BCUT2D eigenvalue weighted by atomic mass is 10.4. The normalized spacial score (nSPS) is 11.6. The second-order valence-electron chi connectivity index (χ2n) is 6.02. The smallest absolute Gasteiger partial charge is 0.478 e. The maximum absolute atomic E-state index is 9.60. The first-order valence-corrected chi connectivity index (χ1v) is 9.81. The molecule has 1 N–H and O–H groups in total. The fourth-order valence-electron chi connectivity index (χ4n) is 1.64. The molecule has 0 rings (SSSR count). The lowest BCUT2D eigenvalue weighted by molar-refractivity contribution is -0.132. The molecule has 0 aromatic carbocycles. The Kier molecular flexibility index (Phi) is 12.7. The first-order valence-electron chi connectivity index (χ1n) is 7.88. The summed E-state index contributed by atoms with van der Waals surface area (Å²) in [5, 5.41) is 7.89. The lowest BCUT2D eigenvalue weighted by Gasteiger charge is -2.34. The second-order valence-corrected chi connectivity index (χ2v) is 8.59. The van der Waals surface area contributed by atoms with Crippen LogP contribution in [-0.4, -0.2) is 38.2 Å². The van der Waals surface area contributed by atoms with Crippen molar-refractivity contribution >= 4 is 14.8 Å². The zero-order valence-corrected chi connectivity index (χ0v) is 16.4. The molecular weight excluding hydrogens is 300 g/mol. The maximum Gasteiger partial charge on any atom is 0.501 e. The Morgan fingerprint density at radius 3 is 1.41 bits per heavy atom. The van der Waals surface area contributed by atoms with Crippen LogP contribution < -0.4 is 0 Å². The van der Waals surface area contributed by atoms with Crippen LogP contribution in [0.1, 0.15) is 61.8 Å². The van der Waals surface area contributed by atoms with Crippen molar-refractivity contribution in [2.45, 2.75) is 86.2 Å². The van der Waals surface area contributed by atoms with Gasteiger partial charge in [-0.25, -0.2) is 4.79 Å². The van der Waals surface area contributed by atoms with E-state index in [0.29, 0.717) is 0 Å². The summed E-state index contributed by atoms with van der Waals surface area (Å²) in [6.45, 7) is 18.9. The number of aliphatic carboxylic acids is 1. The quantitative estimate of drug-likeness (QED) is 0.504. The van der Waals surface area contributed by atoms with Crippen LogP contribution in [0, 0.1) is 0 Å². The molecule has 0 fully saturated rings. The van der Waals surface area contributed by atoms with E-state index >= 15 is 0 Å². The van der Waals surface area contributed by atoms with Crippen molar-refractivity contribution in [3.8, 4) is 0 Å². The Labute approximate surface area is 137 Å². The van der Waals surface area contributed by atoms with Crippen molar-refractivity contribution in [1.29, 1.82) is 0 Å². The fourth-order valence-corrected chi connectivity index (χ4v) is 4.93. The molecule has 0 aromatic rings. The molecule has 0 saturated heterocycles. The molecule has 22 heavy (non-hydrogen) atoms. The molecule has 0 atom stereocenters. The summed E-state index contributed by atoms with van der Waals surface area (Å²) in [7, 11) is -2.48. The topological polar surface area (TPSA) is 65.0 Å². The maximum atomic E-state index is 9.60. The van der Waals surface area contributed by atoms with Gasteiger partial charge in [0.05, 0.1) is 0 Å². The van der Waals surface area contributed by atoms with Gasteiger partial charge in [0.1, 0.15) is 0 Å². The SMILES string of the molecule is C=C(C)C(=O)O.CCC[Si](OC(C)C)(OC(C)C)OC(C)C. The third kappa shape index (κ3) is 13.0. The molecule has 0 unspecified atom stereocenters. The summed E-state index contributed by atoms with van der Waals surface area (Å²) in [5.74, 6) is -0.935. The van der Waals surface area contributed by atoms with Crippen LogP contribution in [0.25, 0.3) is 0 Å². The van der Waals surface area contributed by atoms with Gasteiger partial charge in [-0.2, -0.15) is 0 Å². The summed E-state index contributed by atoms with van der Waals surface area (Å²) in [5.41, 5.74) is 0.176. The van der Waals surface area contributed by atoms with Gasteiger partial charge in [-0.1, -0.05) is 19.9 Å². The monoisotopic (exact) mass is 334 g/mol. The van der Waals surface area contributed by atoms with E-state index in [0.717, 1.165) is 12.5 Å². The number of rotatable bonds is 9. The zero-order chi connectivity index (χ0) is 17.9. The number of carbonyl (C=O) groups is 1. The predicted octanol–water partition coefficient (Wildman–Crippen LogP) is 4.26. The highest BCUT2D eigenvalue weighted by Crippen LogP contribution is 2.23. The Bertz CT molecular complexity index is 288. The highest BCUT2D eigenvalue weighted by atomic mass is 28.4. The van der Waals surface area contributed by atoms with E-state index in [-0.39, 0.29) is 23.9 Å².